The van der Waals surface area contributed by atoms with Gasteiger partial charge in [0.25, 0.3) is 0 Å². The number of hydrogen-bond acceptors (Lipinski definition) is 2. The van der Waals surface area contributed by atoms with E-state index >= 15 is 0 Å². The van der Waals surface area contributed by atoms with E-state index in [0.717, 1.165) is 25.3 Å². The molecule has 0 bridgehead atoms. The van der Waals surface area contributed by atoms with Crippen LogP contribution in [0.1, 0.15) is 43.8 Å². The zero-order chi connectivity index (χ0) is 14.0. The Bertz CT molecular complexity index is 472. The molecule has 1 heterocycles. The summed E-state index contributed by atoms with van der Waals surface area (Å²) in [5.74, 6) is 0. The van der Waals surface area contributed by atoms with E-state index in [1.807, 2.05) is 12.1 Å². The molecule has 1 saturated heterocycles. The van der Waals surface area contributed by atoms with Gasteiger partial charge in [-0.2, -0.15) is 0 Å². The van der Waals surface area contributed by atoms with Crippen molar-refractivity contribution in [3.8, 4) is 0 Å². The van der Waals surface area contributed by atoms with Crippen molar-refractivity contribution < 1.29 is 4.74 Å². The summed E-state index contributed by atoms with van der Waals surface area (Å²) in [6.07, 6.45) is 6.62. The second-order valence-corrected chi connectivity index (χ2v) is 7.00. The molecule has 0 aromatic heterocycles. The van der Waals surface area contributed by atoms with Gasteiger partial charge >= 0.3 is 0 Å². The first kappa shape index (κ1) is 14.6. The van der Waals surface area contributed by atoms with Crippen molar-refractivity contribution in [2.45, 2.75) is 38.2 Å². The van der Waals surface area contributed by atoms with Gasteiger partial charge in [0.1, 0.15) is 0 Å². The van der Waals surface area contributed by atoms with Crippen LogP contribution in [0.5, 0.6) is 0 Å². The lowest BCUT2D eigenvalue weighted by atomic mass is 9.74. The quantitative estimate of drug-likeness (QED) is 0.817. The summed E-state index contributed by atoms with van der Waals surface area (Å²) < 4.78 is 6.21. The topological polar surface area (TPSA) is 21.3 Å². The van der Waals surface area contributed by atoms with E-state index in [0.29, 0.717) is 15.5 Å². The van der Waals surface area contributed by atoms with Crippen molar-refractivity contribution in [2.75, 3.05) is 19.7 Å². The van der Waals surface area contributed by atoms with Gasteiger partial charge < -0.3 is 10.1 Å². The van der Waals surface area contributed by atoms with E-state index in [4.69, 9.17) is 27.9 Å². The van der Waals surface area contributed by atoms with Crippen molar-refractivity contribution in [1.82, 2.24) is 5.32 Å². The Hall–Kier alpha value is -0.280. The van der Waals surface area contributed by atoms with Gasteiger partial charge in [-0.3, -0.25) is 0 Å². The largest absolute Gasteiger partial charge is 0.372 e. The van der Waals surface area contributed by atoms with Crippen LogP contribution in [-0.2, 0) is 4.74 Å². The molecule has 0 radical (unpaired) electrons. The van der Waals surface area contributed by atoms with Gasteiger partial charge in [0.15, 0.2) is 0 Å². The summed E-state index contributed by atoms with van der Waals surface area (Å²) in [5, 5.41) is 4.95. The molecule has 0 amide bonds. The second-order valence-electron chi connectivity index (χ2n) is 6.16. The van der Waals surface area contributed by atoms with Gasteiger partial charge in [-0.15, -0.1) is 0 Å². The van der Waals surface area contributed by atoms with Gasteiger partial charge in [-0.25, -0.2) is 0 Å². The van der Waals surface area contributed by atoms with Gasteiger partial charge in [0.2, 0.25) is 0 Å². The van der Waals surface area contributed by atoms with Crippen LogP contribution in [-0.4, -0.2) is 19.7 Å². The standard InChI is InChI=1S/C16H21Cl2NO/c17-12-4-5-13(14(18)8-12)15-9-19-10-16(11-20-15)6-2-1-3-7-16/h4-5,8,15,19H,1-3,6-7,9-11H2. The molecular weight excluding hydrogens is 293 g/mol. The first-order valence-electron chi connectivity index (χ1n) is 7.46. The Balaban J connectivity index is 1.73. The highest BCUT2D eigenvalue weighted by Gasteiger charge is 2.35. The Morgan fingerprint density at radius 3 is 2.70 bits per heavy atom. The first-order chi connectivity index (χ1) is 9.69. The molecule has 1 saturated carbocycles. The van der Waals surface area contributed by atoms with Crippen molar-refractivity contribution in [3.05, 3.63) is 33.8 Å². The van der Waals surface area contributed by atoms with Crippen molar-refractivity contribution in [1.29, 1.82) is 0 Å². The summed E-state index contributed by atoms with van der Waals surface area (Å²) in [4.78, 5) is 0. The van der Waals surface area contributed by atoms with Crippen LogP contribution >= 0.6 is 23.2 Å². The van der Waals surface area contributed by atoms with E-state index in [2.05, 4.69) is 5.32 Å². The third kappa shape index (κ3) is 3.14. The van der Waals surface area contributed by atoms with E-state index in [9.17, 15) is 0 Å². The molecule has 1 N–H and O–H groups in total. The van der Waals surface area contributed by atoms with Crippen molar-refractivity contribution >= 4 is 23.2 Å². The minimum Gasteiger partial charge on any atom is -0.372 e. The SMILES string of the molecule is Clc1ccc(C2CNCC3(CCCCC3)CO2)c(Cl)c1. The molecule has 110 valence electrons. The lowest BCUT2D eigenvalue weighted by Gasteiger charge is -2.35. The molecule has 1 unspecified atom stereocenters. The summed E-state index contributed by atoms with van der Waals surface area (Å²) in [6, 6.07) is 5.66. The fraction of sp³-hybridized carbons (Fsp3) is 0.625. The van der Waals surface area contributed by atoms with Crippen LogP contribution in [0.4, 0.5) is 0 Å². The molecule has 3 rings (SSSR count). The van der Waals surface area contributed by atoms with Crippen LogP contribution in [0.2, 0.25) is 10.0 Å². The normalized spacial score (nSPS) is 26.4. The average molecular weight is 314 g/mol. The number of ether oxygens (including phenoxy) is 1. The highest BCUT2D eigenvalue weighted by Crippen LogP contribution is 2.39. The number of hydrogen-bond donors (Lipinski definition) is 1. The van der Waals surface area contributed by atoms with E-state index in [-0.39, 0.29) is 6.10 Å². The number of nitrogens with one attached hydrogen (secondary N) is 1. The van der Waals surface area contributed by atoms with Crippen LogP contribution < -0.4 is 5.32 Å². The predicted octanol–water partition coefficient (Wildman–Crippen LogP) is 4.60. The monoisotopic (exact) mass is 313 g/mol. The molecule has 1 aliphatic carbocycles. The highest BCUT2D eigenvalue weighted by molar-refractivity contribution is 6.35. The van der Waals surface area contributed by atoms with Crippen molar-refractivity contribution in [2.24, 2.45) is 5.41 Å². The maximum atomic E-state index is 6.30. The highest BCUT2D eigenvalue weighted by atomic mass is 35.5. The minimum atomic E-state index is 0.0288. The summed E-state index contributed by atoms with van der Waals surface area (Å²) in [7, 11) is 0. The van der Waals surface area contributed by atoms with Gasteiger partial charge in [0.05, 0.1) is 12.7 Å². The van der Waals surface area contributed by atoms with Gasteiger partial charge in [0, 0.05) is 34.1 Å². The average Bonchev–Trinajstić information content (AvgIpc) is 2.63. The minimum absolute atomic E-state index is 0.0288. The maximum Gasteiger partial charge on any atom is 0.0963 e. The van der Waals surface area contributed by atoms with E-state index in [1.165, 1.54) is 32.1 Å². The van der Waals surface area contributed by atoms with Gasteiger partial charge in [-0.05, 0) is 25.0 Å². The van der Waals surface area contributed by atoms with Crippen LogP contribution in [0.15, 0.2) is 18.2 Å². The Kier molecular flexibility index (Phi) is 4.56. The number of halogens is 2. The first-order valence-corrected chi connectivity index (χ1v) is 8.21. The molecule has 1 atom stereocenters. The Morgan fingerprint density at radius 1 is 1.15 bits per heavy atom. The fourth-order valence-corrected chi connectivity index (χ4v) is 3.97. The zero-order valence-corrected chi connectivity index (χ0v) is 13.1. The van der Waals surface area contributed by atoms with E-state index in [1.54, 1.807) is 6.07 Å². The molecule has 2 aliphatic rings. The smallest absolute Gasteiger partial charge is 0.0963 e. The molecule has 2 fully saturated rings. The summed E-state index contributed by atoms with van der Waals surface area (Å²) in [6.45, 7) is 2.72. The molecule has 1 aromatic carbocycles. The molecule has 1 aliphatic heterocycles. The number of rotatable bonds is 1. The molecule has 20 heavy (non-hydrogen) atoms. The third-order valence-electron chi connectivity index (χ3n) is 4.64. The van der Waals surface area contributed by atoms with Crippen LogP contribution in [0, 0.1) is 5.41 Å². The summed E-state index contributed by atoms with van der Waals surface area (Å²) >= 11 is 12.3. The lowest BCUT2D eigenvalue weighted by molar-refractivity contribution is -0.00136. The second kappa shape index (κ2) is 6.23. The van der Waals surface area contributed by atoms with Crippen molar-refractivity contribution in [3.63, 3.8) is 0 Å². The molecule has 2 nitrogen and oxygen atoms in total. The third-order valence-corrected chi connectivity index (χ3v) is 5.21. The molecule has 4 heteroatoms. The predicted molar refractivity (Wildman–Crippen MR) is 83.5 cm³/mol. The summed E-state index contributed by atoms with van der Waals surface area (Å²) in [5.41, 5.74) is 1.38. The Labute approximate surface area is 130 Å². The Morgan fingerprint density at radius 2 is 1.95 bits per heavy atom. The molecule has 1 aromatic rings. The molecule has 1 spiro atoms. The fourth-order valence-electron chi connectivity index (χ4n) is 3.44. The molecular formula is C16H21Cl2NO. The van der Waals surface area contributed by atoms with Crippen LogP contribution in [0.3, 0.4) is 0 Å². The van der Waals surface area contributed by atoms with Gasteiger partial charge in [-0.1, -0.05) is 48.5 Å². The number of benzene rings is 1. The zero-order valence-electron chi connectivity index (χ0n) is 11.6. The maximum absolute atomic E-state index is 6.30. The van der Waals surface area contributed by atoms with E-state index < -0.39 is 0 Å². The lowest BCUT2D eigenvalue weighted by Crippen LogP contribution is -2.37. The van der Waals surface area contributed by atoms with Crippen LogP contribution in [0.25, 0.3) is 0 Å².